The summed E-state index contributed by atoms with van der Waals surface area (Å²) in [5, 5.41) is 3.32. The van der Waals surface area contributed by atoms with E-state index in [2.05, 4.69) is 51.9 Å². The minimum absolute atomic E-state index is 0.139. The Labute approximate surface area is 103 Å². The normalized spacial score (nSPS) is 15.2. The van der Waals surface area contributed by atoms with Gasteiger partial charge in [0.2, 0.25) is 0 Å². The molecule has 0 aromatic carbocycles. The van der Waals surface area contributed by atoms with Crippen molar-refractivity contribution in [2.45, 2.75) is 59.4 Å². The SMILES string of the molecule is CC(C)(C)c1csc(CC(N)C(C)(C)C)n1. The van der Waals surface area contributed by atoms with Crippen LogP contribution in [0.15, 0.2) is 5.38 Å². The highest BCUT2D eigenvalue weighted by Crippen LogP contribution is 2.26. The van der Waals surface area contributed by atoms with Crippen molar-refractivity contribution < 1.29 is 0 Å². The number of aromatic nitrogens is 1. The first-order valence-electron chi connectivity index (χ1n) is 5.81. The molecule has 1 aromatic rings. The standard InChI is InChI=1S/C13H24N2S/c1-12(2,3)9(14)7-11-15-10(8-16-11)13(4,5)6/h8-9H,7,14H2,1-6H3. The summed E-state index contributed by atoms with van der Waals surface area (Å²) in [6, 6.07) is 0.173. The van der Waals surface area contributed by atoms with Gasteiger partial charge in [0, 0.05) is 23.3 Å². The van der Waals surface area contributed by atoms with Gasteiger partial charge in [-0.1, -0.05) is 41.5 Å². The van der Waals surface area contributed by atoms with Crippen LogP contribution in [0.2, 0.25) is 0 Å². The van der Waals surface area contributed by atoms with Crippen molar-refractivity contribution >= 4 is 11.3 Å². The van der Waals surface area contributed by atoms with E-state index in [1.807, 2.05) is 0 Å². The predicted molar refractivity (Wildman–Crippen MR) is 71.9 cm³/mol. The van der Waals surface area contributed by atoms with Gasteiger partial charge in [0.15, 0.2) is 0 Å². The third-order valence-electron chi connectivity index (χ3n) is 2.83. The highest BCUT2D eigenvalue weighted by atomic mass is 32.1. The maximum atomic E-state index is 6.17. The average molecular weight is 240 g/mol. The van der Waals surface area contributed by atoms with Crippen molar-refractivity contribution in [3.63, 3.8) is 0 Å². The van der Waals surface area contributed by atoms with Gasteiger partial charge in [-0.05, 0) is 5.41 Å². The summed E-state index contributed by atoms with van der Waals surface area (Å²) in [6.07, 6.45) is 0.879. The van der Waals surface area contributed by atoms with Crippen molar-refractivity contribution in [1.29, 1.82) is 0 Å². The summed E-state index contributed by atoms with van der Waals surface area (Å²) in [6.45, 7) is 13.1. The van der Waals surface area contributed by atoms with E-state index in [1.54, 1.807) is 11.3 Å². The summed E-state index contributed by atoms with van der Waals surface area (Å²) in [4.78, 5) is 4.67. The van der Waals surface area contributed by atoms with Crippen molar-refractivity contribution in [3.05, 3.63) is 16.1 Å². The lowest BCUT2D eigenvalue weighted by Crippen LogP contribution is -2.36. The second kappa shape index (κ2) is 4.46. The first-order valence-corrected chi connectivity index (χ1v) is 6.69. The second-order valence-corrected chi connectivity index (χ2v) is 7.50. The molecule has 0 saturated carbocycles. The summed E-state index contributed by atoms with van der Waals surface area (Å²) >= 11 is 1.73. The molecule has 0 aliphatic heterocycles. The quantitative estimate of drug-likeness (QED) is 0.861. The Morgan fingerprint density at radius 2 is 1.81 bits per heavy atom. The lowest BCUT2D eigenvalue weighted by atomic mass is 9.86. The number of hydrogen-bond acceptors (Lipinski definition) is 3. The van der Waals surface area contributed by atoms with Gasteiger partial charge < -0.3 is 5.73 Å². The predicted octanol–water partition coefficient (Wildman–Crippen LogP) is 3.36. The van der Waals surface area contributed by atoms with E-state index in [-0.39, 0.29) is 16.9 Å². The number of hydrogen-bond donors (Lipinski definition) is 1. The molecule has 0 radical (unpaired) electrons. The first kappa shape index (κ1) is 13.7. The number of nitrogens with zero attached hydrogens (tertiary/aromatic N) is 1. The molecule has 0 saturated heterocycles. The van der Waals surface area contributed by atoms with Crippen molar-refractivity contribution in [1.82, 2.24) is 4.98 Å². The number of rotatable bonds is 2. The van der Waals surface area contributed by atoms with E-state index in [0.29, 0.717) is 0 Å². The van der Waals surface area contributed by atoms with Crippen molar-refractivity contribution in [2.75, 3.05) is 0 Å². The summed E-state index contributed by atoms with van der Waals surface area (Å²) in [5.41, 5.74) is 7.63. The van der Waals surface area contributed by atoms with Crippen LogP contribution in [-0.2, 0) is 11.8 Å². The topological polar surface area (TPSA) is 38.9 Å². The summed E-state index contributed by atoms with van der Waals surface area (Å²) in [5.74, 6) is 0. The first-order chi connectivity index (χ1) is 7.10. The van der Waals surface area contributed by atoms with E-state index in [1.165, 1.54) is 5.69 Å². The zero-order valence-corrected chi connectivity index (χ0v) is 12.1. The van der Waals surface area contributed by atoms with Crippen LogP contribution in [0.1, 0.15) is 52.2 Å². The van der Waals surface area contributed by atoms with Crippen LogP contribution in [0.4, 0.5) is 0 Å². The third-order valence-corrected chi connectivity index (χ3v) is 3.70. The molecule has 0 amide bonds. The lowest BCUT2D eigenvalue weighted by molar-refractivity contribution is 0.318. The zero-order valence-electron chi connectivity index (χ0n) is 11.3. The Hall–Kier alpha value is -0.410. The van der Waals surface area contributed by atoms with Gasteiger partial charge in [0.1, 0.15) is 0 Å². The molecular weight excluding hydrogens is 216 g/mol. The van der Waals surface area contributed by atoms with Crippen LogP contribution in [-0.4, -0.2) is 11.0 Å². The minimum Gasteiger partial charge on any atom is -0.327 e. The Morgan fingerprint density at radius 1 is 1.25 bits per heavy atom. The van der Waals surface area contributed by atoms with Gasteiger partial charge >= 0.3 is 0 Å². The van der Waals surface area contributed by atoms with E-state index in [9.17, 15) is 0 Å². The molecule has 3 heteroatoms. The van der Waals surface area contributed by atoms with Gasteiger partial charge in [-0.25, -0.2) is 4.98 Å². The van der Waals surface area contributed by atoms with Crippen molar-refractivity contribution in [3.8, 4) is 0 Å². The zero-order chi connectivity index (χ0) is 12.6. The molecule has 0 fully saturated rings. The molecule has 16 heavy (non-hydrogen) atoms. The average Bonchev–Trinajstić information content (AvgIpc) is 2.49. The number of nitrogens with two attached hydrogens (primary N) is 1. The molecule has 1 heterocycles. The highest BCUT2D eigenvalue weighted by Gasteiger charge is 2.23. The van der Waals surface area contributed by atoms with Crippen LogP contribution in [0, 0.1) is 5.41 Å². The summed E-state index contributed by atoms with van der Waals surface area (Å²) in [7, 11) is 0. The maximum Gasteiger partial charge on any atom is 0.0944 e. The second-order valence-electron chi connectivity index (χ2n) is 6.55. The van der Waals surface area contributed by atoms with Gasteiger partial charge in [-0.3, -0.25) is 0 Å². The fourth-order valence-electron chi connectivity index (χ4n) is 1.24. The third kappa shape index (κ3) is 3.56. The molecule has 0 aliphatic carbocycles. The summed E-state index contributed by atoms with van der Waals surface area (Å²) < 4.78 is 0. The smallest absolute Gasteiger partial charge is 0.0944 e. The fourth-order valence-corrected chi connectivity index (χ4v) is 2.32. The van der Waals surface area contributed by atoms with E-state index in [0.717, 1.165) is 11.4 Å². The molecule has 92 valence electrons. The van der Waals surface area contributed by atoms with Crippen LogP contribution in [0.3, 0.4) is 0 Å². The van der Waals surface area contributed by atoms with E-state index in [4.69, 9.17) is 5.73 Å². The van der Waals surface area contributed by atoms with Gasteiger partial charge in [0.05, 0.1) is 10.7 Å². The molecule has 1 unspecified atom stereocenters. The van der Waals surface area contributed by atoms with Crippen LogP contribution < -0.4 is 5.73 Å². The molecule has 0 bridgehead atoms. The van der Waals surface area contributed by atoms with Gasteiger partial charge in [-0.15, -0.1) is 11.3 Å². The Balaban J connectivity index is 2.74. The van der Waals surface area contributed by atoms with E-state index >= 15 is 0 Å². The molecule has 0 spiro atoms. The maximum absolute atomic E-state index is 6.17. The lowest BCUT2D eigenvalue weighted by Gasteiger charge is -2.26. The van der Waals surface area contributed by atoms with Crippen molar-refractivity contribution in [2.24, 2.45) is 11.1 Å². The highest BCUT2D eigenvalue weighted by molar-refractivity contribution is 7.09. The molecular formula is C13H24N2S. The molecule has 1 aromatic heterocycles. The van der Waals surface area contributed by atoms with Crippen LogP contribution in [0.5, 0.6) is 0 Å². The van der Waals surface area contributed by atoms with Crippen LogP contribution in [0.25, 0.3) is 0 Å². The van der Waals surface area contributed by atoms with Gasteiger partial charge in [-0.2, -0.15) is 0 Å². The Morgan fingerprint density at radius 3 is 2.19 bits per heavy atom. The Bertz CT molecular complexity index is 342. The fraction of sp³-hybridized carbons (Fsp3) is 0.769. The minimum atomic E-state index is 0.139. The monoisotopic (exact) mass is 240 g/mol. The molecule has 2 N–H and O–H groups in total. The van der Waals surface area contributed by atoms with Crippen LogP contribution >= 0.6 is 11.3 Å². The largest absolute Gasteiger partial charge is 0.327 e. The molecule has 2 nitrogen and oxygen atoms in total. The number of thiazole rings is 1. The molecule has 1 rings (SSSR count). The van der Waals surface area contributed by atoms with Gasteiger partial charge in [0.25, 0.3) is 0 Å². The molecule has 0 aliphatic rings. The molecule has 1 atom stereocenters. The Kier molecular flexibility index (Phi) is 3.80. The van der Waals surface area contributed by atoms with E-state index < -0.39 is 0 Å².